The first-order valence-electron chi connectivity index (χ1n) is 14.5. The maximum Gasteiger partial charge on any atom is 0.0541 e. The van der Waals surface area contributed by atoms with Crippen LogP contribution in [0.2, 0.25) is 0 Å². The van der Waals surface area contributed by atoms with Crippen molar-refractivity contribution in [2.24, 2.45) is 0 Å². The fraction of sp³-hybridized carbons (Fsp3) is 0.0513. The summed E-state index contributed by atoms with van der Waals surface area (Å²) in [6.07, 6.45) is 8.39. The molecular weight excluding hydrogens is 529 g/mol. The molecule has 3 heteroatoms. The van der Waals surface area contributed by atoms with Gasteiger partial charge in [-0.1, -0.05) is 78.5 Å². The van der Waals surface area contributed by atoms with Crippen LogP contribution in [0, 0.1) is 0 Å². The Hall–Kier alpha value is -4.86. The smallest absolute Gasteiger partial charge is 0.0541 e. The Bertz CT molecular complexity index is 2220. The van der Waals surface area contributed by atoms with E-state index >= 15 is 0 Å². The molecule has 2 aliphatic rings. The lowest BCUT2D eigenvalue weighted by Gasteiger charge is -2.27. The number of rotatable bonds is 3. The van der Waals surface area contributed by atoms with Gasteiger partial charge in [0.15, 0.2) is 0 Å². The summed E-state index contributed by atoms with van der Waals surface area (Å²) in [5.74, 6) is 0. The van der Waals surface area contributed by atoms with E-state index in [9.17, 15) is 0 Å². The first kappa shape index (κ1) is 23.8. The molecule has 0 bridgehead atoms. The van der Waals surface area contributed by atoms with Crippen molar-refractivity contribution in [1.82, 2.24) is 9.55 Å². The molecule has 0 unspecified atom stereocenters. The van der Waals surface area contributed by atoms with Crippen LogP contribution in [0.15, 0.2) is 139 Å². The molecule has 0 saturated carbocycles. The molecule has 198 valence electrons. The Morgan fingerprint density at radius 1 is 0.595 bits per heavy atom. The molecule has 0 spiro atoms. The van der Waals surface area contributed by atoms with E-state index in [1.54, 1.807) is 0 Å². The van der Waals surface area contributed by atoms with E-state index in [0.29, 0.717) is 0 Å². The molecule has 1 aliphatic carbocycles. The van der Waals surface area contributed by atoms with Crippen molar-refractivity contribution in [1.29, 1.82) is 0 Å². The summed E-state index contributed by atoms with van der Waals surface area (Å²) in [7, 11) is 0. The molecule has 7 aromatic rings. The maximum absolute atomic E-state index is 4.20. The highest BCUT2D eigenvalue weighted by atomic mass is 32.2. The predicted molar refractivity (Wildman–Crippen MR) is 177 cm³/mol. The number of hydrogen-bond donors (Lipinski definition) is 0. The fourth-order valence-corrected chi connectivity index (χ4v) is 8.00. The van der Waals surface area contributed by atoms with Crippen LogP contribution in [0.25, 0.3) is 65.8 Å². The standard InChI is InChI=1S/C39H26N2S/c1-2-12-35-31(10-1)33-23-28(14-16-36(33)41(35)30-9-3-8-27(22-30)25-18-20-40-21-19-25)29-15-17-37-34(24-29)32-11-4-6-26-7-5-13-38(42-37)39(26)32/h1-4,6,8-24H,5,7H2. The summed E-state index contributed by atoms with van der Waals surface area (Å²) >= 11 is 1.93. The van der Waals surface area contributed by atoms with Gasteiger partial charge in [0.05, 0.1) is 11.0 Å². The Balaban J connectivity index is 1.20. The van der Waals surface area contributed by atoms with Gasteiger partial charge < -0.3 is 4.57 Å². The van der Waals surface area contributed by atoms with Crippen LogP contribution in [0.5, 0.6) is 0 Å². The molecule has 1 aliphatic heterocycles. The third-order valence-corrected chi connectivity index (χ3v) is 9.92. The number of aryl methyl sites for hydroxylation is 1. The first-order chi connectivity index (χ1) is 20.8. The van der Waals surface area contributed by atoms with Gasteiger partial charge in [0.1, 0.15) is 0 Å². The van der Waals surface area contributed by atoms with Crippen molar-refractivity contribution in [3.8, 4) is 39.1 Å². The van der Waals surface area contributed by atoms with Crippen molar-refractivity contribution in [2.75, 3.05) is 0 Å². The highest BCUT2D eigenvalue weighted by molar-refractivity contribution is 8.08. The topological polar surface area (TPSA) is 17.8 Å². The number of fused-ring (bicyclic) bond motifs is 5. The highest BCUT2D eigenvalue weighted by Gasteiger charge is 2.25. The van der Waals surface area contributed by atoms with Gasteiger partial charge in [-0.15, -0.1) is 0 Å². The first-order valence-corrected chi connectivity index (χ1v) is 15.3. The van der Waals surface area contributed by atoms with Gasteiger partial charge in [-0.05, 0) is 112 Å². The quantitative estimate of drug-likeness (QED) is 0.216. The predicted octanol–water partition coefficient (Wildman–Crippen LogP) is 10.6. The molecule has 2 aromatic heterocycles. The summed E-state index contributed by atoms with van der Waals surface area (Å²) in [5.41, 5.74) is 14.1. The van der Waals surface area contributed by atoms with Gasteiger partial charge >= 0.3 is 0 Å². The molecule has 0 fully saturated rings. The maximum atomic E-state index is 4.20. The number of allylic oxidation sites excluding steroid dienone is 1. The summed E-state index contributed by atoms with van der Waals surface area (Å²) in [4.78, 5) is 6.97. The molecule has 0 N–H and O–H groups in total. The zero-order valence-corrected chi connectivity index (χ0v) is 23.7. The number of benzene rings is 5. The number of pyridine rings is 1. The van der Waals surface area contributed by atoms with Crippen molar-refractivity contribution >= 4 is 38.5 Å². The Morgan fingerprint density at radius 2 is 1.40 bits per heavy atom. The molecule has 3 heterocycles. The van der Waals surface area contributed by atoms with Crippen LogP contribution in [0.3, 0.4) is 0 Å². The number of aromatic nitrogens is 2. The third-order valence-electron chi connectivity index (χ3n) is 8.75. The Kier molecular flexibility index (Phi) is 5.29. The van der Waals surface area contributed by atoms with Crippen LogP contribution in [-0.2, 0) is 6.42 Å². The number of nitrogens with zero attached hydrogens (tertiary/aromatic N) is 2. The second-order valence-corrected chi connectivity index (χ2v) is 12.2. The van der Waals surface area contributed by atoms with E-state index in [4.69, 9.17) is 0 Å². The van der Waals surface area contributed by atoms with Crippen molar-refractivity contribution in [3.63, 3.8) is 0 Å². The van der Waals surface area contributed by atoms with Crippen LogP contribution in [0.4, 0.5) is 0 Å². The number of thioether (sulfide) groups is 1. The summed E-state index contributed by atoms with van der Waals surface area (Å²) in [5, 5.41) is 2.54. The fourth-order valence-electron chi connectivity index (χ4n) is 6.80. The van der Waals surface area contributed by atoms with Gasteiger partial charge in [-0.25, -0.2) is 0 Å². The van der Waals surface area contributed by atoms with Gasteiger partial charge in [0, 0.05) is 38.7 Å². The molecule has 9 rings (SSSR count). The van der Waals surface area contributed by atoms with Crippen molar-refractivity contribution in [3.05, 3.63) is 145 Å². The van der Waals surface area contributed by atoms with Gasteiger partial charge in [-0.2, -0.15) is 0 Å². The van der Waals surface area contributed by atoms with Gasteiger partial charge in [-0.3, -0.25) is 4.98 Å². The van der Waals surface area contributed by atoms with E-state index in [-0.39, 0.29) is 0 Å². The SMILES string of the molecule is C1=C2Sc3ccc(-c4ccc5c(c4)c4ccccc4n5-c4cccc(-c5ccncc5)c4)cc3-c3cccc(c32)CC1. The minimum Gasteiger partial charge on any atom is -0.309 e. The Morgan fingerprint density at radius 3 is 2.36 bits per heavy atom. The molecule has 0 saturated heterocycles. The zero-order chi connectivity index (χ0) is 27.6. The van der Waals surface area contributed by atoms with E-state index < -0.39 is 0 Å². The normalized spacial score (nSPS) is 13.6. The molecule has 42 heavy (non-hydrogen) atoms. The summed E-state index contributed by atoms with van der Waals surface area (Å²) in [6, 6.07) is 42.5. The lowest BCUT2D eigenvalue weighted by atomic mass is 9.88. The number of hydrogen-bond acceptors (Lipinski definition) is 2. The second-order valence-electron chi connectivity index (χ2n) is 11.1. The molecule has 0 atom stereocenters. The van der Waals surface area contributed by atoms with Crippen molar-refractivity contribution in [2.45, 2.75) is 17.7 Å². The molecule has 2 nitrogen and oxygen atoms in total. The monoisotopic (exact) mass is 554 g/mol. The number of para-hydroxylation sites is 1. The summed E-state index contributed by atoms with van der Waals surface area (Å²) in [6.45, 7) is 0. The molecule has 5 aromatic carbocycles. The lowest BCUT2D eigenvalue weighted by Crippen LogP contribution is -2.04. The highest BCUT2D eigenvalue weighted by Crippen LogP contribution is 2.52. The Labute approximate surface area is 249 Å². The second kappa shape index (κ2) is 9.34. The summed E-state index contributed by atoms with van der Waals surface area (Å²) < 4.78 is 2.40. The molecular formula is C39H26N2S. The minimum atomic E-state index is 1.13. The van der Waals surface area contributed by atoms with Crippen LogP contribution in [-0.4, -0.2) is 9.55 Å². The molecule has 0 radical (unpaired) electrons. The van der Waals surface area contributed by atoms with Crippen LogP contribution >= 0.6 is 11.8 Å². The van der Waals surface area contributed by atoms with Gasteiger partial charge in [0.2, 0.25) is 0 Å². The van der Waals surface area contributed by atoms with E-state index in [1.807, 2.05) is 24.2 Å². The third kappa shape index (κ3) is 3.64. The lowest BCUT2D eigenvalue weighted by molar-refractivity contribution is 0.983. The van der Waals surface area contributed by atoms with E-state index in [1.165, 1.54) is 76.1 Å². The van der Waals surface area contributed by atoms with Gasteiger partial charge in [0.25, 0.3) is 0 Å². The van der Waals surface area contributed by atoms with Crippen molar-refractivity contribution < 1.29 is 0 Å². The zero-order valence-electron chi connectivity index (χ0n) is 22.9. The largest absolute Gasteiger partial charge is 0.309 e. The minimum absolute atomic E-state index is 1.13. The van der Waals surface area contributed by atoms with Crippen LogP contribution < -0.4 is 0 Å². The average Bonchev–Trinajstić information content (AvgIpc) is 3.39. The van der Waals surface area contributed by atoms with Crippen LogP contribution in [0.1, 0.15) is 17.5 Å². The molecule has 0 amide bonds. The van der Waals surface area contributed by atoms with E-state index in [0.717, 1.165) is 18.5 Å². The average molecular weight is 555 g/mol. The van der Waals surface area contributed by atoms with E-state index in [2.05, 4.69) is 131 Å².